The van der Waals surface area contributed by atoms with Gasteiger partial charge in [0.2, 0.25) is 0 Å². The molecule has 1 amide bonds. The molecule has 0 unspecified atom stereocenters. The number of nitrogens with zero attached hydrogens (tertiary/aromatic N) is 2. The molecule has 0 fully saturated rings. The molecule has 0 bridgehead atoms. The number of aromatic nitrogens is 2. The van der Waals surface area contributed by atoms with Crippen LogP contribution < -0.4 is 16.0 Å². The molecule has 25 heavy (non-hydrogen) atoms. The summed E-state index contributed by atoms with van der Waals surface area (Å²) in [4.78, 5) is 16.1. The molecule has 0 aliphatic rings. The highest BCUT2D eigenvalue weighted by molar-refractivity contribution is 5.79. The quantitative estimate of drug-likeness (QED) is 0.324. The fraction of sp³-hybridized carbons (Fsp3) is 0.706. The van der Waals surface area contributed by atoms with Gasteiger partial charge in [0.05, 0.1) is 6.20 Å². The van der Waals surface area contributed by atoms with E-state index in [0.717, 1.165) is 37.6 Å². The molecule has 1 aromatic rings. The van der Waals surface area contributed by atoms with Crippen LogP contribution >= 0.6 is 0 Å². The van der Waals surface area contributed by atoms with Gasteiger partial charge in [-0.15, -0.1) is 0 Å². The average Bonchev–Trinajstić information content (AvgIpc) is 2.91. The van der Waals surface area contributed by atoms with Gasteiger partial charge in [-0.3, -0.25) is 10.1 Å². The van der Waals surface area contributed by atoms with E-state index in [9.17, 15) is 4.79 Å². The van der Waals surface area contributed by atoms with E-state index >= 15 is 0 Å². The highest BCUT2D eigenvalue weighted by Crippen LogP contribution is 2.06. The Bertz CT molecular complexity index is 548. The second-order valence-corrected chi connectivity index (χ2v) is 6.74. The minimum atomic E-state index is -0.485. The average molecular weight is 352 g/mol. The van der Waals surface area contributed by atoms with Crippen molar-refractivity contribution < 1.29 is 9.53 Å². The smallest absolute Gasteiger partial charge is 0.407 e. The SMILES string of the molecule is CCNC(=NCCCc1cn[nH]c1C)NCCNC(=O)OC(C)(C)C. The minimum Gasteiger partial charge on any atom is -0.444 e. The van der Waals surface area contributed by atoms with Crippen LogP contribution in [-0.2, 0) is 11.2 Å². The number of aryl methyl sites for hydroxylation is 2. The lowest BCUT2D eigenvalue weighted by Crippen LogP contribution is -2.42. The van der Waals surface area contributed by atoms with Crippen LogP contribution in [-0.4, -0.2) is 54.0 Å². The number of amides is 1. The largest absolute Gasteiger partial charge is 0.444 e. The molecule has 0 atom stereocenters. The number of aliphatic imine (C=N–C) groups is 1. The summed E-state index contributed by atoms with van der Waals surface area (Å²) in [5, 5.41) is 16.1. The van der Waals surface area contributed by atoms with Crippen LogP contribution in [0.4, 0.5) is 4.79 Å². The molecule has 8 heteroatoms. The normalized spacial score (nSPS) is 12.0. The summed E-state index contributed by atoms with van der Waals surface area (Å²) >= 11 is 0. The van der Waals surface area contributed by atoms with Crippen molar-refractivity contribution in [2.75, 3.05) is 26.2 Å². The molecule has 0 aliphatic carbocycles. The maximum atomic E-state index is 11.6. The van der Waals surface area contributed by atoms with Crippen LogP contribution in [0.2, 0.25) is 0 Å². The summed E-state index contributed by atoms with van der Waals surface area (Å²) in [6.45, 7) is 12.1. The summed E-state index contributed by atoms with van der Waals surface area (Å²) < 4.78 is 5.19. The zero-order chi connectivity index (χ0) is 18.7. The standard InChI is InChI=1S/C17H32N6O2/c1-6-18-15(19-9-7-8-14-12-22-23-13(14)2)20-10-11-21-16(24)25-17(3,4)5/h12H,6-11H2,1-5H3,(H,21,24)(H,22,23)(H2,18,19,20). The van der Waals surface area contributed by atoms with E-state index in [1.54, 1.807) is 0 Å². The monoisotopic (exact) mass is 352 g/mol. The van der Waals surface area contributed by atoms with Crippen molar-refractivity contribution >= 4 is 12.1 Å². The van der Waals surface area contributed by atoms with Crippen molar-refractivity contribution in [3.63, 3.8) is 0 Å². The Morgan fingerprint density at radius 2 is 2.00 bits per heavy atom. The summed E-state index contributed by atoms with van der Waals surface area (Å²) in [6, 6.07) is 0. The topological polar surface area (TPSA) is 103 Å². The number of aromatic amines is 1. The van der Waals surface area contributed by atoms with Crippen molar-refractivity contribution in [3.8, 4) is 0 Å². The number of hydrogen-bond acceptors (Lipinski definition) is 4. The molecule has 0 saturated heterocycles. The lowest BCUT2D eigenvalue weighted by atomic mass is 10.1. The maximum Gasteiger partial charge on any atom is 0.407 e. The van der Waals surface area contributed by atoms with E-state index in [4.69, 9.17) is 4.74 Å². The first kappa shape index (κ1) is 20.8. The van der Waals surface area contributed by atoms with Crippen molar-refractivity contribution in [1.29, 1.82) is 0 Å². The molecule has 4 N–H and O–H groups in total. The lowest BCUT2D eigenvalue weighted by Gasteiger charge is -2.19. The number of ether oxygens (including phenoxy) is 1. The fourth-order valence-electron chi connectivity index (χ4n) is 2.09. The minimum absolute atomic E-state index is 0.410. The lowest BCUT2D eigenvalue weighted by molar-refractivity contribution is 0.0529. The third kappa shape index (κ3) is 9.59. The van der Waals surface area contributed by atoms with Crippen molar-refractivity contribution in [1.82, 2.24) is 26.1 Å². The summed E-state index contributed by atoms with van der Waals surface area (Å²) in [6.07, 6.45) is 3.36. The molecule has 1 rings (SSSR count). The number of rotatable bonds is 8. The van der Waals surface area contributed by atoms with Gasteiger partial charge in [-0.1, -0.05) is 0 Å². The van der Waals surface area contributed by atoms with Gasteiger partial charge in [0.1, 0.15) is 5.60 Å². The molecule has 0 radical (unpaired) electrons. The van der Waals surface area contributed by atoms with Gasteiger partial charge in [-0.05, 0) is 53.0 Å². The number of carbonyl (C=O) groups is 1. The van der Waals surface area contributed by atoms with Crippen molar-refractivity contribution in [3.05, 3.63) is 17.5 Å². The Labute approximate surface area is 150 Å². The maximum absolute atomic E-state index is 11.6. The summed E-state index contributed by atoms with van der Waals surface area (Å²) in [7, 11) is 0. The van der Waals surface area contributed by atoms with Crippen LogP contribution in [0.25, 0.3) is 0 Å². The Hall–Kier alpha value is -2.25. The number of guanidine groups is 1. The number of hydrogen-bond donors (Lipinski definition) is 4. The second kappa shape index (κ2) is 10.6. The molecule has 1 heterocycles. The van der Waals surface area contributed by atoms with Gasteiger partial charge in [0.15, 0.2) is 5.96 Å². The van der Waals surface area contributed by atoms with Gasteiger partial charge in [-0.25, -0.2) is 4.79 Å². The van der Waals surface area contributed by atoms with Gasteiger partial charge >= 0.3 is 6.09 Å². The second-order valence-electron chi connectivity index (χ2n) is 6.74. The zero-order valence-corrected chi connectivity index (χ0v) is 16.0. The predicted octanol–water partition coefficient (Wildman–Crippen LogP) is 1.73. The predicted molar refractivity (Wildman–Crippen MR) is 99.9 cm³/mol. The molecule has 8 nitrogen and oxygen atoms in total. The van der Waals surface area contributed by atoms with Crippen molar-refractivity contribution in [2.45, 2.75) is 53.1 Å². The Kier molecular flexibility index (Phi) is 8.80. The molecular formula is C17H32N6O2. The van der Waals surface area contributed by atoms with E-state index in [0.29, 0.717) is 13.1 Å². The van der Waals surface area contributed by atoms with E-state index < -0.39 is 11.7 Å². The number of H-pyrrole nitrogens is 1. The number of nitrogens with one attached hydrogen (secondary N) is 4. The summed E-state index contributed by atoms with van der Waals surface area (Å²) in [5.74, 6) is 0.748. The summed E-state index contributed by atoms with van der Waals surface area (Å²) in [5.41, 5.74) is 1.86. The molecule has 0 spiro atoms. The first-order valence-electron chi connectivity index (χ1n) is 8.79. The van der Waals surface area contributed by atoms with E-state index in [1.807, 2.05) is 40.8 Å². The van der Waals surface area contributed by atoms with Crippen LogP contribution in [0, 0.1) is 6.92 Å². The van der Waals surface area contributed by atoms with Gasteiger partial charge in [0.25, 0.3) is 0 Å². The Morgan fingerprint density at radius 3 is 2.60 bits per heavy atom. The molecule has 0 saturated carbocycles. The molecular weight excluding hydrogens is 320 g/mol. The van der Waals surface area contributed by atoms with Gasteiger partial charge < -0.3 is 20.7 Å². The van der Waals surface area contributed by atoms with E-state index in [2.05, 4.69) is 31.1 Å². The third-order valence-corrected chi connectivity index (χ3v) is 3.24. The molecule has 0 aromatic carbocycles. The highest BCUT2D eigenvalue weighted by Gasteiger charge is 2.15. The number of alkyl carbamates (subject to hydrolysis) is 1. The van der Waals surface area contributed by atoms with Crippen LogP contribution in [0.15, 0.2) is 11.2 Å². The molecule has 0 aliphatic heterocycles. The van der Waals surface area contributed by atoms with Gasteiger partial charge in [-0.2, -0.15) is 5.10 Å². The first-order valence-corrected chi connectivity index (χ1v) is 8.79. The van der Waals surface area contributed by atoms with Crippen LogP contribution in [0.1, 0.15) is 45.4 Å². The Morgan fingerprint density at radius 1 is 1.28 bits per heavy atom. The molecule has 142 valence electrons. The van der Waals surface area contributed by atoms with E-state index in [1.165, 1.54) is 5.56 Å². The highest BCUT2D eigenvalue weighted by atomic mass is 16.6. The van der Waals surface area contributed by atoms with E-state index in [-0.39, 0.29) is 0 Å². The van der Waals surface area contributed by atoms with Crippen LogP contribution in [0.3, 0.4) is 0 Å². The van der Waals surface area contributed by atoms with Crippen LogP contribution in [0.5, 0.6) is 0 Å². The zero-order valence-electron chi connectivity index (χ0n) is 16.0. The fourth-order valence-corrected chi connectivity index (χ4v) is 2.09. The molecule has 1 aromatic heterocycles. The van der Waals surface area contributed by atoms with Gasteiger partial charge in [0, 0.05) is 31.9 Å². The van der Waals surface area contributed by atoms with Crippen molar-refractivity contribution in [2.24, 2.45) is 4.99 Å². The Balaban J connectivity index is 2.26. The first-order chi connectivity index (χ1) is 11.8. The third-order valence-electron chi connectivity index (χ3n) is 3.24. The number of carbonyl (C=O) groups excluding carboxylic acids is 1.